The molecule has 4 nitrogen and oxygen atoms in total. The summed E-state index contributed by atoms with van der Waals surface area (Å²) >= 11 is 5.39. The van der Waals surface area contributed by atoms with Gasteiger partial charge in [0.05, 0.1) is 6.20 Å². The van der Waals surface area contributed by atoms with Gasteiger partial charge in [-0.15, -0.1) is 0 Å². The van der Waals surface area contributed by atoms with Gasteiger partial charge in [-0.1, -0.05) is 16.8 Å². The van der Waals surface area contributed by atoms with Crippen LogP contribution >= 0.6 is 11.6 Å². The molecule has 0 fully saturated rings. The van der Waals surface area contributed by atoms with E-state index in [1.54, 1.807) is 0 Å². The van der Waals surface area contributed by atoms with Gasteiger partial charge < -0.3 is 5.21 Å². The van der Waals surface area contributed by atoms with Crippen LogP contribution in [0.5, 0.6) is 0 Å². The third-order valence-corrected chi connectivity index (χ3v) is 1.13. The van der Waals surface area contributed by atoms with Crippen LogP contribution in [0.1, 0.15) is 5.69 Å². The van der Waals surface area contributed by atoms with Crippen LogP contribution in [-0.4, -0.2) is 20.3 Å². The topological polar surface area (TPSA) is 58.4 Å². The number of aromatic nitrogens is 2. The van der Waals surface area contributed by atoms with Crippen molar-refractivity contribution in [2.24, 2.45) is 5.16 Å². The predicted octanol–water partition coefficient (Wildman–Crippen LogP) is 0.851. The first-order chi connectivity index (χ1) is 4.84. The molecule has 0 amide bonds. The van der Waals surface area contributed by atoms with Crippen molar-refractivity contribution in [3.63, 3.8) is 0 Å². The van der Waals surface area contributed by atoms with Crippen molar-refractivity contribution in [2.75, 3.05) is 0 Å². The van der Waals surface area contributed by atoms with Gasteiger partial charge in [-0.05, 0) is 0 Å². The lowest BCUT2D eigenvalue weighted by Gasteiger charge is -1.90. The van der Waals surface area contributed by atoms with Crippen molar-refractivity contribution < 1.29 is 5.21 Å². The number of nitrogens with zero attached hydrogens (tertiary/aromatic N) is 3. The van der Waals surface area contributed by atoms with Crippen LogP contribution < -0.4 is 0 Å². The lowest BCUT2D eigenvalue weighted by atomic mass is 10.5. The summed E-state index contributed by atoms with van der Waals surface area (Å²) in [5, 5.41) is 10.9. The average molecular weight is 158 g/mol. The van der Waals surface area contributed by atoms with E-state index in [2.05, 4.69) is 15.1 Å². The van der Waals surface area contributed by atoms with E-state index in [0.29, 0.717) is 5.69 Å². The highest BCUT2D eigenvalue weighted by molar-refractivity contribution is 6.69. The summed E-state index contributed by atoms with van der Waals surface area (Å²) in [6, 6.07) is 0. The fourth-order valence-corrected chi connectivity index (χ4v) is 0.554. The Morgan fingerprint density at radius 3 is 2.90 bits per heavy atom. The molecule has 0 unspecified atom stereocenters. The molecule has 0 aliphatic carbocycles. The minimum absolute atomic E-state index is 0.0619. The second kappa shape index (κ2) is 3.12. The Morgan fingerprint density at radius 1 is 1.60 bits per heavy atom. The molecule has 1 heterocycles. The summed E-state index contributed by atoms with van der Waals surface area (Å²) in [7, 11) is 0. The summed E-state index contributed by atoms with van der Waals surface area (Å²) in [6.07, 6.45) is 4.37. The van der Waals surface area contributed by atoms with Crippen LogP contribution in [0.25, 0.3) is 0 Å². The van der Waals surface area contributed by atoms with Gasteiger partial charge in [0.2, 0.25) is 0 Å². The average Bonchev–Trinajstić information content (AvgIpc) is 2.05. The molecular formula is C5H4ClN3O. The largest absolute Gasteiger partial charge is 0.410 e. The smallest absolute Gasteiger partial charge is 0.195 e. The highest BCUT2D eigenvalue weighted by atomic mass is 35.5. The molecule has 0 atom stereocenters. The lowest BCUT2D eigenvalue weighted by Crippen LogP contribution is -1.94. The van der Waals surface area contributed by atoms with E-state index in [4.69, 9.17) is 16.8 Å². The molecule has 0 saturated carbocycles. The zero-order valence-corrected chi connectivity index (χ0v) is 5.65. The minimum atomic E-state index is -0.0619. The van der Waals surface area contributed by atoms with Gasteiger partial charge in [0.15, 0.2) is 5.17 Å². The molecule has 1 rings (SSSR count). The maximum atomic E-state index is 8.18. The van der Waals surface area contributed by atoms with Gasteiger partial charge in [-0.2, -0.15) is 0 Å². The molecular weight excluding hydrogens is 154 g/mol. The Labute approximate surface area is 62.2 Å². The summed E-state index contributed by atoms with van der Waals surface area (Å²) < 4.78 is 0. The number of oxime groups is 1. The summed E-state index contributed by atoms with van der Waals surface area (Å²) in [5.41, 5.74) is 0.353. The zero-order chi connectivity index (χ0) is 7.40. The highest BCUT2D eigenvalue weighted by Crippen LogP contribution is 1.96. The molecule has 0 aromatic carbocycles. The van der Waals surface area contributed by atoms with Crippen LogP contribution in [-0.2, 0) is 0 Å². The van der Waals surface area contributed by atoms with Crippen molar-refractivity contribution in [2.45, 2.75) is 0 Å². The van der Waals surface area contributed by atoms with E-state index in [1.165, 1.54) is 18.6 Å². The summed E-state index contributed by atoms with van der Waals surface area (Å²) in [4.78, 5) is 7.48. The van der Waals surface area contributed by atoms with E-state index >= 15 is 0 Å². The van der Waals surface area contributed by atoms with Crippen LogP contribution in [0, 0.1) is 0 Å². The Hall–Kier alpha value is -1.16. The highest BCUT2D eigenvalue weighted by Gasteiger charge is 1.98. The number of hydrogen-bond donors (Lipinski definition) is 1. The van der Waals surface area contributed by atoms with Gasteiger partial charge >= 0.3 is 0 Å². The third kappa shape index (κ3) is 1.41. The van der Waals surface area contributed by atoms with Crippen LogP contribution in [0.4, 0.5) is 0 Å². The van der Waals surface area contributed by atoms with Gasteiger partial charge in [-0.3, -0.25) is 9.97 Å². The molecule has 1 aromatic rings. The van der Waals surface area contributed by atoms with E-state index in [1.807, 2.05) is 0 Å². The first kappa shape index (κ1) is 6.95. The number of rotatable bonds is 1. The second-order valence-corrected chi connectivity index (χ2v) is 1.84. The molecule has 0 spiro atoms. The predicted molar refractivity (Wildman–Crippen MR) is 36.2 cm³/mol. The molecule has 1 aromatic heterocycles. The van der Waals surface area contributed by atoms with E-state index in [-0.39, 0.29) is 5.17 Å². The molecule has 10 heavy (non-hydrogen) atoms. The monoisotopic (exact) mass is 157 g/mol. The molecule has 0 aliphatic heterocycles. The van der Waals surface area contributed by atoms with E-state index in [0.717, 1.165) is 0 Å². The standard InChI is InChI=1S/C5H4ClN3O/c6-5(9-10)4-3-7-1-2-8-4/h1-3,10H. The maximum Gasteiger partial charge on any atom is 0.195 e. The zero-order valence-electron chi connectivity index (χ0n) is 4.90. The lowest BCUT2D eigenvalue weighted by molar-refractivity contribution is 0.320. The molecule has 1 N–H and O–H groups in total. The summed E-state index contributed by atoms with van der Waals surface area (Å²) in [5.74, 6) is 0. The van der Waals surface area contributed by atoms with Crippen LogP contribution in [0.3, 0.4) is 0 Å². The molecule has 0 radical (unpaired) electrons. The minimum Gasteiger partial charge on any atom is -0.410 e. The van der Waals surface area contributed by atoms with Gasteiger partial charge in [0, 0.05) is 12.4 Å². The third-order valence-electron chi connectivity index (χ3n) is 0.862. The van der Waals surface area contributed by atoms with Crippen molar-refractivity contribution in [3.05, 3.63) is 24.3 Å². The van der Waals surface area contributed by atoms with Crippen LogP contribution in [0.15, 0.2) is 23.7 Å². The van der Waals surface area contributed by atoms with Crippen molar-refractivity contribution in [3.8, 4) is 0 Å². The fourth-order valence-electron chi connectivity index (χ4n) is 0.457. The van der Waals surface area contributed by atoms with Crippen molar-refractivity contribution >= 4 is 16.8 Å². The fraction of sp³-hybridized carbons (Fsp3) is 0. The first-order valence-electron chi connectivity index (χ1n) is 2.48. The Kier molecular flexibility index (Phi) is 2.17. The Bertz CT molecular complexity index is 236. The number of halogens is 1. The van der Waals surface area contributed by atoms with Gasteiger partial charge in [0.1, 0.15) is 5.69 Å². The van der Waals surface area contributed by atoms with E-state index < -0.39 is 0 Å². The summed E-state index contributed by atoms with van der Waals surface area (Å²) in [6.45, 7) is 0. The molecule has 52 valence electrons. The molecule has 0 saturated heterocycles. The van der Waals surface area contributed by atoms with Crippen molar-refractivity contribution in [1.82, 2.24) is 9.97 Å². The Morgan fingerprint density at radius 2 is 2.40 bits per heavy atom. The number of hydrogen-bond acceptors (Lipinski definition) is 4. The normalized spacial score (nSPS) is 11.5. The molecule has 5 heteroatoms. The SMILES string of the molecule is ON=C(Cl)c1cnccn1. The Balaban J connectivity index is 2.96. The van der Waals surface area contributed by atoms with Gasteiger partial charge in [-0.25, -0.2) is 0 Å². The van der Waals surface area contributed by atoms with E-state index in [9.17, 15) is 0 Å². The first-order valence-corrected chi connectivity index (χ1v) is 2.86. The van der Waals surface area contributed by atoms with Crippen LogP contribution in [0.2, 0.25) is 0 Å². The van der Waals surface area contributed by atoms with Gasteiger partial charge in [0.25, 0.3) is 0 Å². The quantitative estimate of drug-likeness (QED) is 0.374. The second-order valence-electron chi connectivity index (χ2n) is 1.48. The molecule has 0 aliphatic rings. The molecule has 0 bridgehead atoms. The van der Waals surface area contributed by atoms with Crippen molar-refractivity contribution in [1.29, 1.82) is 0 Å². The maximum absolute atomic E-state index is 8.18.